The van der Waals surface area contributed by atoms with E-state index in [1.807, 2.05) is 6.92 Å². The van der Waals surface area contributed by atoms with Crippen LogP contribution in [0.5, 0.6) is 0 Å². The quantitative estimate of drug-likeness (QED) is 0.712. The Morgan fingerprint density at radius 2 is 2.33 bits per heavy atom. The van der Waals surface area contributed by atoms with Gasteiger partial charge in [-0.2, -0.15) is 5.10 Å². The zero-order valence-corrected chi connectivity index (χ0v) is 9.29. The number of carbonyl (C=O) groups is 1. The van der Waals surface area contributed by atoms with Gasteiger partial charge in [-0.3, -0.25) is 9.48 Å². The second-order valence-electron chi connectivity index (χ2n) is 3.37. The Kier molecular flexibility index (Phi) is 4.15. The summed E-state index contributed by atoms with van der Waals surface area (Å²) in [5.41, 5.74) is 6.58. The van der Waals surface area contributed by atoms with Gasteiger partial charge < -0.3 is 11.1 Å². The van der Waals surface area contributed by atoms with Gasteiger partial charge in [-0.25, -0.2) is 0 Å². The smallest absolute Gasteiger partial charge is 0.271 e. The molecule has 1 aromatic rings. The van der Waals surface area contributed by atoms with Gasteiger partial charge in [-0.15, -0.1) is 0 Å². The number of nitrogen functional groups attached to an aromatic ring is 1. The standard InChI is InChI=1S/C10H18N4O/c1-3-5-6-12-10(15)9-8(11)7-13-14(9)4-2/h7H,3-6,11H2,1-2H3,(H,12,15). The molecule has 0 unspecified atom stereocenters. The van der Waals surface area contributed by atoms with E-state index < -0.39 is 0 Å². The number of carbonyl (C=O) groups excluding carboxylic acids is 1. The summed E-state index contributed by atoms with van der Waals surface area (Å²) in [7, 11) is 0. The highest BCUT2D eigenvalue weighted by Gasteiger charge is 2.14. The SMILES string of the molecule is CCCCNC(=O)c1c(N)cnn1CC. The molecule has 0 saturated heterocycles. The van der Waals surface area contributed by atoms with Crippen molar-refractivity contribution in [3.8, 4) is 0 Å². The van der Waals surface area contributed by atoms with Crippen LogP contribution in [0.15, 0.2) is 6.20 Å². The molecule has 0 aliphatic carbocycles. The van der Waals surface area contributed by atoms with Gasteiger partial charge in [0.1, 0.15) is 5.69 Å². The molecular formula is C10H18N4O. The molecule has 0 radical (unpaired) electrons. The number of hydrogen-bond donors (Lipinski definition) is 2. The lowest BCUT2D eigenvalue weighted by atomic mass is 10.3. The van der Waals surface area contributed by atoms with Crippen LogP contribution in [-0.4, -0.2) is 22.2 Å². The topological polar surface area (TPSA) is 72.9 Å². The number of hydrogen-bond acceptors (Lipinski definition) is 3. The molecule has 1 amide bonds. The van der Waals surface area contributed by atoms with E-state index in [1.165, 1.54) is 6.20 Å². The maximum absolute atomic E-state index is 11.7. The lowest BCUT2D eigenvalue weighted by Crippen LogP contribution is -2.27. The Morgan fingerprint density at radius 3 is 2.93 bits per heavy atom. The summed E-state index contributed by atoms with van der Waals surface area (Å²) in [5, 5.41) is 6.84. The molecule has 5 heteroatoms. The highest BCUT2D eigenvalue weighted by Crippen LogP contribution is 2.10. The van der Waals surface area contributed by atoms with Crippen molar-refractivity contribution in [1.29, 1.82) is 0 Å². The minimum absolute atomic E-state index is 0.139. The Labute approximate surface area is 89.6 Å². The zero-order chi connectivity index (χ0) is 11.3. The average Bonchev–Trinajstić information content (AvgIpc) is 2.59. The monoisotopic (exact) mass is 210 g/mol. The first-order valence-corrected chi connectivity index (χ1v) is 5.30. The fourth-order valence-corrected chi connectivity index (χ4v) is 1.35. The minimum atomic E-state index is -0.139. The molecule has 5 nitrogen and oxygen atoms in total. The first-order chi connectivity index (χ1) is 7.20. The van der Waals surface area contributed by atoms with Crippen molar-refractivity contribution >= 4 is 11.6 Å². The summed E-state index contributed by atoms with van der Waals surface area (Å²) in [6.07, 6.45) is 3.55. The second kappa shape index (κ2) is 5.38. The van der Waals surface area contributed by atoms with E-state index in [-0.39, 0.29) is 5.91 Å². The number of unbranched alkanes of at least 4 members (excludes halogenated alkanes) is 1. The lowest BCUT2D eigenvalue weighted by Gasteiger charge is -2.06. The van der Waals surface area contributed by atoms with E-state index in [0.29, 0.717) is 24.5 Å². The number of nitrogens with zero attached hydrogens (tertiary/aromatic N) is 2. The van der Waals surface area contributed by atoms with Crippen molar-refractivity contribution in [3.05, 3.63) is 11.9 Å². The molecule has 0 bridgehead atoms. The molecule has 15 heavy (non-hydrogen) atoms. The van der Waals surface area contributed by atoms with E-state index in [2.05, 4.69) is 17.3 Å². The summed E-state index contributed by atoms with van der Waals surface area (Å²) in [5.74, 6) is -0.139. The van der Waals surface area contributed by atoms with Gasteiger partial charge in [0.15, 0.2) is 0 Å². The average molecular weight is 210 g/mol. The summed E-state index contributed by atoms with van der Waals surface area (Å²) < 4.78 is 1.61. The molecule has 0 aliphatic heterocycles. The normalized spacial score (nSPS) is 10.3. The van der Waals surface area contributed by atoms with Crippen molar-refractivity contribution < 1.29 is 4.79 Å². The van der Waals surface area contributed by atoms with E-state index >= 15 is 0 Å². The maximum atomic E-state index is 11.7. The molecule has 84 valence electrons. The fraction of sp³-hybridized carbons (Fsp3) is 0.600. The van der Waals surface area contributed by atoms with Gasteiger partial charge in [0.25, 0.3) is 5.91 Å². The largest absolute Gasteiger partial charge is 0.396 e. The van der Waals surface area contributed by atoms with Gasteiger partial charge in [0, 0.05) is 13.1 Å². The number of aromatic nitrogens is 2. The Hall–Kier alpha value is -1.52. The first kappa shape index (κ1) is 11.6. The maximum Gasteiger partial charge on any atom is 0.271 e. The molecule has 0 saturated carbocycles. The third-order valence-electron chi connectivity index (χ3n) is 2.20. The number of nitrogens with one attached hydrogen (secondary N) is 1. The predicted octanol–water partition coefficient (Wildman–Crippen LogP) is 1.02. The zero-order valence-electron chi connectivity index (χ0n) is 9.29. The number of anilines is 1. The van der Waals surface area contributed by atoms with Gasteiger partial charge in [0.05, 0.1) is 11.9 Å². The van der Waals surface area contributed by atoms with Crippen LogP contribution in [0.25, 0.3) is 0 Å². The minimum Gasteiger partial charge on any atom is -0.396 e. The van der Waals surface area contributed by atoms with Crippen molar-refractivity contribution in [2.45, 2.75) is 33.2 Å². The van der Waals surface area contributed by atoms with Crippen LogP contribution in [0.4, 0.5) is 5.69 Å². The highest BCUT2D eigenvalue weighted by atomic mass is 16.2. The number of aryl methyl sites for hydroxylation is 1. The lowest BCUT2D eigenvalue weighted by molar-refractivity contribution is 0.0943. The number of rotatable bonds is 5. The van der Waals surface area contributed by atoms with Crippen molar-refractivity contribution in [2.75, 3.05) is 12.3 Å². The van der Waals surface area contributed by atoms with Gasteiger partial charge in [0.2, 0.25) is 0 Å². The van der Waals surface area contributed by atoms with Crippen LogP contribution in [0, 0.1) is 0 Å². The molecule has 0 spiro atoms. The van der Waals surface area contributed by atoms with Gasteiger partial charge in [-0.05, 0) is 13.3 Å². The first-order valence-electron chi connectivity index (χ1n) is 5.30. The van der Waals surface area contributed by atoms with E-state index in [9.17, 15) is 4.79 Å². The van der Waals surface area contributed by atoms with Crippen LogP contribution in [0.3, 0.4) is 0 Å². The van der Waals surface area contributed by atoms with Crippen LogP contribution >= 0.6 is 0 Å². The summed E-state index contributed by atoms with van der Waals surface area (Å²) in [4.78, 5) is 11.7. The molecule has 1 rings (SSSR count). The number of amides is 1. The third-order valence-corrected chi connectivity index (χ3v) is 2.20. The number of nitrogens with two attached hydrogens (primary N) is 1. The molecule has 1 heterocycles. The Balaban J connectivity index is 2.67. The van der Waals surface area contributed by atoms with Crippen LogP contribution in [0.2, 0.25) is 0 Å². The molecule has 0 aromatic carbocycles. The molecule has 0 aliphatic rings. The molecule has 3 N–H and O–H groups in total. The summed E-state index contributed by atoms with van der Waals surface area (Å²) in [6, 6.07) is 0. The van der Waals surface area contributed by atoms with E-state index in [1.54, 1.807) is 4.68 Å². The molecule has 0 fully saturated rings. The van der Waals surface area contributed by atoms with Crippen LogP contribution < -0.4 is 11.1 Å². The van der Waals surface area contributed by atoms with E-state index in [0.717, 1.165) is 12.8 Å². The van der Waals surface area contributed by atoms with Gasteiger partial charge >= 0.3 is 0 Å². The summed E-state index contributed by atoms with van der Waals surface area (Å²) >= 11 is 0. The third kappa shape index (κ3) is 2.71. The Morgan fingerprint density at radius 1 is 1.60 bits per heavy atom. The molecule has 1 aromatic heterocycles. The fourth-order valence-electron chi connectivity index (χ4n) is 1.35. The molecular weight excluding hydrogens is 192 g/mol. The van der Waals surface area contributed by atoms with Crippen LogP contribution in [0.1, 0.15) is 37.2 Å². The summed E-state index contributed by atoms with van der Waals surface area (Å²) in [6.45, 7) is 5.34. The van der Waals surface area contributed by atoms with Crippen LogP contribution in [-0.2, 0) is 6.54 Å². The second-order valence-corrected chi connectivity index (χ2v) is 3.37. The Bertz CT molecular complexity index is 332. The van der Waals surface area contributed by atoms with Crippen molar-refractivity contribution in [1.82, 2.24) is 15.1 Å². The van der Waals surface area contributed by atoms with Crippen molar-refractivity contribution in [2.24, 2.45) is 0 Å². The highest BCUT2D eigenvalue weighted by molar-refractivity contribution is 5.97. The van der Waals surface area contributed by atoms with Crippen molar-refractivity contribution in [3.63, 3.8) is 0 Å². The molecule has 0 atom stereocenters. The van der Waals surface area contributed by atoms with Gasteiger partial charge in [-0.1, -0.05) is 13.3 Å². The predicted molar refractivity (Wildman–Crippen MR) is 59.6 cm³/mol. The van der Waals surface area contributed by atoms with E-state index in [4.69, 9.17) is 5.73 Å².